The quantitative estimate of drug-likeness (QED) is 0.570. The molecular weight excluding hydrogens is 132 g/mol. The largest absolute Gasteiger partial charge is 0.377 e. The zero-order chi connectivity index (χ0) is 7.98. The first-order valence-corrected chi connectivity index (χ1v) is 3.35. The summed E-state index contributed by atoms with van der Waals surface area (Å²) in [5.74, 6) is -0.00986. The minimum Gasteiger partial charge on any atom is -0.377 e. The van der Waals surface area contributed by atoms with Gasteiger partial charge in [-0.3, -0.25) is 4.79 Å². The highest BCUT2D eigenvalue weighted by Crippen LogP contribution is 1.91. The third-order valence-corrected chi connectivity index (χ3v) is 1.16. The second kappa shape index (κ2) is 5.38. The van der Waals surface area contributed by atoms with Crippen molar-refractivity contribution in [3.8, 4) is 0 Å². The third-order valence-electron chi connectivity index (χ3n) is 1.16. The first-order chi connectivity index (χ1) is 4.72. The van der Waals surface area contributed by atoms with Gasteiger partial charge in [0.2, 0.25) is 0 Å². The van der Waals surface area contributed by atoms with Gasteiger partial charge >= 0.3 is 0 Å². The molecule has 0 aliphatic rings. The van der Waals surface area contributed by atoms with Gasteiger partial charge < -0.3 is 9.47 Å². The summed E-state index contributed by atoms with van der Waals surface area (Å²) in [6.07, 6.45) is -0.329. The van der Waals surface area contributed by atoms with Gasteiger partial charge in [0.25, 0.3) is 0 Å². The Morgan fingerprint density at radius 3 is 2.60 bits per heavy atom. The fourth-order valence-corrected chi connectivity index (χ4v) is 0.603. The van der Waals surface area contributed by atoms with E-state index in [2.05, 4.69) is 4.74 Å². The van der Waals surface area contributed by atoms with Crippen LogP contribution < -0.4 is 0 Å². The third kappa shape index (κ3) is 3.58. The summed E-state index contributed by atoms with van der Waals surface area (Å²) in [7, 11) is 1.50. The smallest absolute Gasteiger partial charge is 0.186 e. The van der Waals surface area contributed by atoms with E-state index < -0.39 is 0 Å². The Morgan fingerprint density at radius 1 is 1.60 bits per heavy atom. The molecule has 0 fully saturated rings. The van der Waals surface area contributed by atoms with Crippen molar-refractivity contribution >= 4 is 5.78 Å². The lowest BCUT2D eigenvalue weighted by molar-refractivity contribution is -0.132. The van der Waals surface area contributed by atoms with Crippen LogP contribution >= 0.6 is 0 Å². The van der Waals surface area contributed by atoms with Crippen molar-refractivity contribution in [3.05, 3.63) is 0 Å². The maximum absolute atomic E-state index is 10.9. The summed E-state index contributed by atoms with van der Waals surface area (Å²) in [6, 6.07) is 0. The summed E-state index contributed by atoms with van der Waals surface area (Å²) in [4.78, 5) is 10.9. The van der Waals surface area contributed by atoms with Crippen molar-refractivity contribution in [2.45, 2.75) is 20.0 Å². The number of rotatable bonds is 5. The Bertz CT molecular complexity index is 101. The molecule has 0 aromatic heterocycles. The maximum atomic E-state index is 10.9. The van der Waals surface area contributed by atoms with Crippen LogP contribution in [0.2, 0.25) is 0 Å². The predicted molar refractivity (Wildman–Crippen MR) is 38.0 cm³/mol. The molecule has 1 unspecified atom stereocenters. The molecule has 0 spiro atoms. The zero-order valence-electron chi connectivity index (χ0n) is 6.72. The van der Waals surface area contributed by atoms with Crippen molar-refractivity contribution in [2.75, 3.05) is 20.3 Å². The predicted octanol–water partition coefficient (Wildman–Crippen LogP) is 0.627. The van der Waals surface area contributed by atoms with Crippen LogP contribution in [0.15, 0.2) is 0 Å². The number of carbonyl (C=O) groups excluding carboxylic acids is 1. The normalized spacial score (nSPS) is 13.1. The second-order valence-electron chi connectivity index (χ2n) is 2.00. The molecule has 1 atom stereocenters. The van der Waals surface area contributed by atoms with Gasteiger partial charge in [0.15, 0.2) is 5.78 Å². The Balaban J connectivity index is 3.49. The van der Waals surface area contributed by atoms with Crippen molar-refractivity contribution in [3.63, 3.8) is 0 Å². The van der Waals surface area contributed by atoms with Crippen LogP contribution in [-0.4, -0.2) is 32.2 Å². The molecule has 0 saturated carbocycles. The minimum atomic E-state index is -0.329. The Labute approximate surface area is 61.3 Å². The highest BCUT2D eigenvalue weighted by Gasteiger charge is 2.10. The second-order valence-corrected chi connectivity index (χ2v) is 2.00. The number of hydrogen-bond acceptors (Lipinski definition) is 3. The molecule has 0 amide bonds. The number of carbonyl (C=O) groups is 1. The Kier molecular flexibility index (Phi) is 5.16. The van der Waals surface area contributed by atoms with Gasteiger partial charge in [-0.25, -0.2) is 0 Å². The maximum Gasteiger partial charge on any atom is 0.186 e. The lowest BCUT2D eigenvalue weighted by Gasteiger charge is -2.08. The van der Waals surface area contributed by atoms with Gasteiger partial charge in [0.05, 0.1) is 0 Å². The van der Waals surface area contributed by atoms with E-state index >= 15 is 0 Å². The van der Waals surface area contributed by atoms with Gasteiger partial charge in [-0.2, -0.15) is 0 Å². The molecule has 0 N–H and O–H groups in total. The summed E-state index contributed by atoms with van der Waals surface area (Å²) in [5, 5.41) is 0. The number of hydrogen-bond donors (Lipinski definition) is 0. The Morgan fingerprint density at radius 2 is 2.20 bits per heavy atom. The van der Waals surface area contributed by atoms with E-state index in [1.807, 2.05) is 6.92 Å². The average molecular weight is 146 g/mol. The molecule has 0 aromatic rings. The topological polar surface area (TPSA) is 35.5 Å². The van der Waals surface area contributed by atoms with E-state index in [4.69, 9.17) is 4.74 Å². The van der Waals surface area contributed by atoms with Crippen molar-refractivity contribution in [1.82, 2.24) is 0 Å². The fourth-order valence-electron chi connectivity index (χ4n) is 0.603. The van der Waals surface area contributed by atoms with Gasteiger partial charge in [-0.05, 0) is 13.8 Å². The standard InChI is InChI=1S/C7H14O3/c1-4-10-6(2)7(8)5-9-3/h6H,4-5H2,1-3H3. The number of methoxy groups -OCH3 is 1. The van der Waals surface area contributed by atoms with Gasteiger partial charge in [0, 0.05) is 13.7 Å². The van der Waals surface area contributed by atoms with Crippen LogP contribution in [0.25, 0.3) is 0 Å². The first kappa shape index (κ1) is 9.59. The molecule has 0 radical (unpaired) electrons. The molecule has 3 heteroatoms. The van der Waals surface area contributed by atoms with Crippen LogP contribution in [0.4, 0.5) is 0 Å². The molecule has 60 valence electrons. The van der Waals surface area contributed by atoms with Crippen LogP contribution in [0.3, 0.4) is 0 Å². The number of Topliss-reactive ketones (excluding diaryl/α,β-unsaturated/α-hetero) is 1. The van der Waals surface area contributed by atoms with Crippen LogP contribution in [-0.2, 0) is 14.3 Å². The molecule has 0 bridgehead atoms. The van der Waals surface area contributed by atoms with Crippen molar-refractivity contribution in [1.29, 1.82) is 0 Å². The van der Waals surface area contributed by atoms with Crippen LogP contribution in [0.5, 0.6) is 0 Å². The fraction of sp³-hybridized carbons (Fsp3) is 0.857. The van der Waals surface area contributed by atoms with E-state index in [1.54, 1.807) is 6.92 Å². The van der Waals surface area contributed by atoms with E-state index in [-0.39, 0.29) is 18.5 Å². The average Bonchev–Trinajstić information content (AvgIpc) is 1.89. The number of ether oxygens (including phenoxy) is 2. The highest BCUT2D eigenvalue weighted by atomic mass is 16.5. The highest BCUT2D eigenvalue weighted by molar-refractivity contribution is 5.83. The monoisotopic (exact) mass is 146 g/mol. The summed E-state index contributed by atoms with van der Waals surface area (Å²) in [5.41, 5.74) is 0. The molecule has 3 nitrogen and oxygen atoms in total. The Hall–Kier alpha value is -0.410. The summed E-state index contributed by atoms with van der Waals surface area (Å²) in [6.45, 7) is 4.29. The molecule has 0 aliphatic carbocycles. The van der Waals surface area contributed by atoms with E-state index in [1.165, 1.54) is 7.11 Å². The van der Waals surface area contributed by atoms with Crippen LogP contribution in [0, 0.1) is 0 Å². The van der Waals surface area contributed by atoms with Gasteiger partial charge in [-0.15, -0.1) is 0 Å². The molecule has 0 heterocycles. The van der Waals surface area contributed by atoms with Crippen molar-refractivity contribution in [2.24, 2.45) is 0 Å². The summed E-state index contributed by atoms with van der Waals surface area (Å²) >= 11 is 0. The van der Waals surface area contributed by atoms with Gasteiger partial charge in [-0.1, -0.05) is 0 Å². The van der Waals surface area contributed by atoms with Crippen molar-refractivity contribution < 1.29 is 14.3 Å². The van der Waals surface area contributed by atoms with Crippen LogP contribution in [0.1, 0.15) is 13.8 Å². The lowest BCUT2D eigenvalue weighted by atomic mass is 10.3. The minimum absolute atomic E-state index is 0.00986. The first-order valence-electron chi connectivity index (χ1n) is 3.35. The zero-order valence-corrected chi connectivity index (χ0v) is 6.72. The molecule has 0 rings (SSSR count). The van der Waals surface area contributed by atoms with E-state index in [0.29, 0.717) is 6.61 Å². The molecule has 0 aromatic carbocycles. The van der Waals surface area contributed by atoms with E-state index in [0.717, 1.165) is 0 Å². The van der Waals surface area contributed by atoms with E-state index in [9.17, 15) is 4.79 Å². The number of ketones is 1. The van der Waals surface area contributed by atoms with Gasteiger partial charge in [0.1, 0.15) is 12.7 Å². The summed E-state index contributed by atoms with van der Waals surface area (Å²) < 4.78 is 9.67. The lowest BCUT2D eigenvalue weighted by Crippen LogP contribution is -2.24. The SMILES string of the molecule is CCOC(C)C(=O)COC. The molecular formula is C7H14O3. The molecule has 0 saturated heterocycles. The molecule has 0 aliphatic heterocycles. The molecule has 10 heavy (non-hydrogen) atoms.